The van der Waals surface area contributed by atoms with Gasteiger partial charge in [-0.05, 0) is 24.6 Å². The first-order chi connectivity index (χ1) is 22.9. The summed E-state index contributed by atoms with van der Waals surface area (Å²) in [7, 11) is 1.15. The third-order valence-electron chi connectivity index (χ3n) is 8.28. The number of rotatable bonds is 12. The van der Waals surface area contributed by atoms with Crippen LogP contribution in [-0.4, -0.2) is 147 Å². The molecule has 17 heteroatoms. The molecule has 4 rings (SSSR count). The molecule has 3 heterocycles. The van der Waals surface area contributed by atoms with Crippen molar-refractivity contribution in [2.75, 3.05) is 26.9 Å². The second-order valence-corrected chi connectivity index (χ2v) is 11.4. The zero-order valence-corrected chi connectivity index (χ0v) is 26.2. The molecule has 2 saturated heterocycles. The van der Waals surface area contributed by atoms with Crippen molar-refractivity contribution >= 4 is 11.9 Å². The number of hydrogen-bond acceptors (Lipinski definition) is 17. The molecule has 48 heavy (non-hydrogen) atoms. The number of aliphatic hydroxyl groups is 7. The van der Waals surface area contributed by atoms with E-state index >= 15 is 0 Å². The Balaban J connectivity index is 1.42. The van der Waals surface area contributed by atoms with Crippen molar-refractivity contribution in [1.82, 2.24) is 0 Å². The number of aromatic hydroxyl groups is 1. The number of ether oxygens (including phenoxy) is 7. The predicted molar refractivity (Wildman–Crippen MR) is 157 cm³/mol. The minimum absolute atomic E-state index is 0.0180. The van der Waals surface area contributed by atoms with Crippen LogP contribution in [0.5, 0.6) is 5.75 Å². The molecule has 12 atom stereocenters. The molecule has 1 aromatic rings. The van der Waals surface area contributed by atoms with Crippen molar-refractivity contribution in [3.8, 4) is 5.75 Å². The minimum atomic E-state index is -1.83. The summed E-state index contributed by atoms with van der Waals surface area (Å²) in [6.07, 6.45) is -15.1. The van der Waals surface area contributed by atoms with Crippen LogP contribution >= 0.6 is 0 Å². The van der Waals surface area contributed by atoms with Gasteiger partial charge in [0, 0.05) is 17.9 Å². The van der Waals surface area contributed by atoms with Gasteiger partial charge in [-0.15, -0.1) is 0 Å². The molecule has 0 radical (unpaired) electrons. The van der Waals surface area contributed by atoms with Gasteiger partial charge < -0.3 is 74.0 Å². The summed E-state index contributed by atoms with van der Waals surface area (Å²) < 4.78 is 38.1. The average Bonchev–Trinajstić information content (AvgIpc) is 3.08. The fraction of sp³-hybridized carbons (Fsp3) is 0.613. The Morgan fingerprint density at radius 2 is 1.50 bits per heavy atom. The van der Waals surface area contributed by atoms with Crippen LogP contribution in [0, 0.1) is 5.92 Å². The Hall–Kier alpha value is -3.20. The minimum Gasteiger partial charge on any atom is -0.508 e. The molecule has 0 saturated carbocycles. The SMILES string of the molecule is C/C=C1\[C@H](OC2OC(COC3OC(CO)C(O)C(O)C3O)C(O)C(O)C2O)OC=C(C(=O)OC)[C@H]1CC(=O)OCCc1ccc(O)cc1. The molecular formula is C31H42O17. The van der Waals surface area contributed by atoms with Crippen molar-refractivity contribution < 1.29 is 83.6 Å². The van der Waals surface area contributed by atoms with Crippen LogP contribution in [0.25, 0.3) is 0 Å². The maximum atomic E-state index is 12.9. The molecule has 8 N–H and O–H groups in total. The summed E-state index contributed by atoms with van der Waals surface area (Å²) in [6, 6.07) is 6.38. The standard InChI is InChI=1S/C31H42O17/c1-3-16-17(10-21(34)43-9-8-14-4-6-15(33)7-5-14)18(28(41)42-2)12-44-29(16)48-31-27(40)25(38)23(36)20(47-31)13-45-30-26(39)24(37)22(35)19(11-32)46-30/h3-7,12,17,19-20,22-27,29-33,35-40H,8-11,13H2,1-2H3/b16-3-/t17-,19?,20?,22?,23?,24?,25?,26?,27?,29-,30?,31?/m0/s1. The highest BCUT2D eigenvalue weighted by Crippen LogP contribution is 2.36. The van der Waals surface area contributed by atoms with Gasteiger partial charge in [-0.25, -0.2) is 4.79 Å². The van der Waals surface area contributed by atoms with Crippen LogP contribution in [0.4, 0.5) is 0 Å². The molecular weight excluding hydrogens is 644 g/mol. The molecule has 3 aliphatic rings. The third-order valence-corrected chi connectivity index (χ3v) is 8.28. The Morgan fingerprint density at radius 3 is 2.12 bits per heavy atom. The number of aliphatic hydroxyl groups excluding tert-OH is 7. The van der Waals surface area contributed by atoms with Crippen LogP contribution < -0.4 is 0 Å². The van der Waals surface area contributed by atoms with E-state index in [2.05, 4.69) is 0 Å². The Labute approximate surface area is 275 Å². The molecule has 3 aliphatic heterocycles. The quantitative estimate of drug-likeness (QED) is 0.0834. The van der Waals surface area contributed by atoms with E-state index in [9.17, 15) is 50.4 Å². The van der Waals surface area contributed by atoms with Gasteiger partial charge in [-0.3, -0.25) is 4.79 Å². The van der Waals surface area contributed by atoms with Gasteiger partial charge in [0.25, 0.3) is 0 Å². The largest absolute Gasteiger partial charge is 0.508 e. The summed E-state index contributed by atoms with van der Waals surface area (Å²) in [4.78, 5) is 25.5. The molecule has 10 unspecified atom stereocenters. The zero-order valence-electron chi connectivity index (χ0n) is 26.2. The van der Waals surface area contributed by atoms with Crippen LogP contribution in [0.2, 0.25) is 0 Å². The van der Waals surface area contributed by atoms with Gasteiger partial charge in [0.1, 0.15) is 54.6 Å². The van der Waals surface area contributed by atoms with Gasteiger partial charge in [0.15, 0.2) is 12.6 Å². The van der Waals surface area contributed by atoms with E-state index < -0.39 is 98.8 Å². The fourth-order valence-corrected chi connectivity index (χ4v) is 5.48. The lowest BCUT2D eigenvalue weighted by atomic mass is 9.86. The van der Waals surface area contributed by atoms with Gasteiger partial charge in [0.2, 0.25) is 6.29 Å². The van der Waals surface area contributed by atoms with Crippen LogP contribution in [0.1, 0.15) is 18.9 Å². The highest BCUT2D eigenvalue weighted by atomic mass is 16.8. The third kappa shape index (κ3) is 8.68. The Kier molecular flexibility index (Phi) is 13.3. The van der Waals surface area contributed by atoms with E-state index in [4.69, 9.17) is 33.2 Å². The number of carbonyl (C=O) groups excluding carboxylic acids is 2. The summed E-state index contributed by atoms with van der Waals surface area (Å²) in [5.41, 5.74) is 1.05. The number of methoxy groups -OCH3 is 1. The molecule has 17 nitrogen and oxygen atoms in total. The lowest BCUT2D eigenvalue weighted by molar-refractivity contribution is -0.344. The molecule has 0 aromatic heterocycles. The van der Waals surface area contributed by atoms with E-state index in [1.165, 1.54) is 18.2 Å². The van der Waals surface area contributed by atoms with Crippen LogP contribution in [-0.2, 0) is 49.2 Å². The highest BCUT2D eigenvalue weighted by molar-refractivity contribution is 5.90. The zero-order chi connectivity index (χ0) is 35.1. The number of hydrogen-bond donors (Lipinski definition) is 8. The highest BCUT2D eigenvalue weighted by Gasteiger charge is 2.49. The first-order valence-corrected chi connectivity index (χ1v) is 15.2. The van der Waals surface area contributed by atoms with Crippen molar-refractivity contribution in [1.29, 1.82) is 0 Å². The molecule has 0 aliphatic carbocycles. The molecule has 0 amide bonds. The predicted octanol–water partition coefficient (Wildman–Crippen LogP) is -2.52. The molecule has 0 spiro atoms. The van der Waals surface area contributed by atoms with Crippen LogP contribution in [0.3, 0.4) is 0 Å². The second-order valence-electron chi connectivity index (χ2n) is 11.4. The second kappa shape index (κ2) is 17.0. The topological polar surface area (TPSA) is 261 Å². The Bertz CT molecular complexity index is 1280. The lowest BCUT2D eigenvalue weighted by Gasteiger charge is -2.43. The first kappa shape index (κ1) is 37.6. The van der Waals surface area contributed by atoms with Crippen molar-refractivity contribution in [2.24, 2.45) is 5.92 Å². The lowest BCUT2D eigenvalue weighted by Crippen LogP contribution is -2.62. The summed E-state index contributed by atoms with van der Waals surface area (Å²) >= 11 is 0. The Morgan fingerprint density at radius 1 is 0.875 bits per heavy atom. The van der Waals surface area contributed by atoms with E-state index in [1.807, 2.05) is 0 Å². The molecule has 2 fully saturated rings. The van der Waals surface area contributed by atoms with E-state index in [-0.39, 0.29) is 29.9 Å². The smallest absolute Gasteiger partial charge is 0.337 e. The van der Waals surface area contributed by atoms with Crippen molar-refractivity contribution in [3.05, 3.63) is 53.3 Å². The normalized spacial score (nSPS) is 36.2. The number of phenols is 1. The van der Waals surface area contributed by atoms with Gasteiger partial charge in [0.05, 0.1) is 45.2 Å². The molecule has 268 valence electrons. The van der Waals surface area contributed by atoms with E-state index in [0.717, 1.165) is 18.9 Å². The number of benzene rings is 1. The molecule has 0 bridgehead atoms. The maximum Gasteiger partial charge on any atom is 0.337 e. The first-order valence-electron chi connectivity index (χ1n) is 15.2. The number of esters is 2. The fourth-order valence-electron chi connectivity index (χ4n) is 5.48. The summed E-state index contributed by atoms with van der Waals surface area (Å²) in [5, 5.41) is 80.9. The van der Waals surface area contributed by atoms with Gasteiger partial charge in [-0.2, -0.15) is 0 Å². The maximum absolute atomic E-state index is 12.9. The summed E-state index contributed by atoms with van der Waals surface area (Å²) in [6.45, 7) is 0.324. The van der Waals surface area contributed by atoms with Crippen molar-refractivity contribution in [3.63, 3.8) is 0 Å². The monoisotopic (exact) mass is 686 g/mol. The number of phenolic OH excluding ortho intramolecular Hbond substituents is 1. The van der Waals surface area contributed by atoms with E-state index in [0.29, 0.717) is 6.42 Å². The van der Waals surface area contributed by atoms with Crippen LogP contribution in [0.15, 0.2) is 47.7 Å². The number of allylic oxidation sites excluding steroid dienone is 1. The van der Waals surface area contributed by atoms with Gasteiger partial charge in [-0.1, -0.05) is 18.2 Å². The average molecular weight is 687 g/mol. The van der Waals surface area contributed by atoms with Crippen molar-refractivity contribution in [2.45, 2.75) is 87.5 Å². The summed E-state index contributed by atoms with van der Waals surface area (Å²) in [5.74, 6) is -2.30. The van der Waals surface area contributed by atoms with Gasteiger partial charge >= 0.3 is 11.9 Å². The van der Waals surface area contributed by atoms with E-state index in [1.54, 1.807) is 19.1 Å². The number of carbonyl (C=O) groups is 2. The molecule has 1 aromatic carbocycles.